The highest BCUT2D eigenvalue weighted by molar-refractivity contribution is 6.36. The molecule has 0 saturated carbocycles. The molecule has 0 unspecified atom stereocenters. The van der Waals surface area contributed by atoms with E-state index in [2.05, 4.69) is 5.32 Å². The van der Waals surface area contributed by atoms with Gasteiger partial charge in [-0.05, 0) is 48.2 Å². The minimum Gasteiger partial charge on any atom is -0.357 e. The van der Waals surface area contributed by atoms with Gasteiger partial charge in [0.05, 0.1) is 23.0 Å². The fourth-order valence-corrected chi connectivity index (χ4v) is 5.62. The molecule has 3 aromatic rings. The third kappa shape index (κ3) is 4.13. The van der Waals surface area contributed by atoms with Gasteiger partial charge in [0, 0.05) is 33.3 Å². The van der Waals surface area contributed by atoms with E-state index in [0.717, 1.165) is 0 Å². The van der Waals surface area contributed by atoms with Crippen LogP contribution in [0.25, 0.3) is 0 Å². The molecule has 35 heavy (non-hydrogen) atoms. The van der Waals surface area contributed by atoms with Crippen LogP contribution in [0.15, 0.2) is 78.0 Å². The number of para-hydroxylation sites is 2. The van der Waals surface area contributed by atoms with Gasteiger partial charge in [-0.3, -0.25) is 14.5 Å². The number of ketones is 1. The Bertz CT molecular complexity index is 1380. The molecule has 1 N–H and O–H groups in total. The molecule has 178 valence electrons. The third-order valence-corrected chi connectivity index (χ3v) is 7.16. The van der Waals surface area contributed by atoms with Crippen molar-refractivity contribution in [1.82, 2.24) is 0 Å². The van der Waals surface area contributed by atoms with E-state index in [1.54, 1.807) is 36.4 Å². The number of amides is 1. The standard InChI is InChI=1S/C28H23Cl2FN2O2/c1-28(2)14-21-25(23(34)15-28)26(24-17(29)9-7-10-18(24)30)33(22-13-6-5-12-20(22)32-21)27(35)16-8-3-4-11-19(16)31/h3-13,26,32H,14-15H2,1-2H3/t26-/m1/s1. The fourth-order valence-electron chi connectivity index (χ4n) is 5.02. The molecular weight excluding hydrogens is 486 g/mol. The molecule has 1 aliphatic carbocycles. The molecule has 0 radical (unpaired) electrons. The van der Waals surface area contributed by atoms with Crippen LogP contribution in [0.2, 0.25) is 10.0 Å². The zero-order valence-electron chi connectivity index (χ0n) is 19.2. The number of hydrogen-bond donors (Lipinski definition) is 1. The minimum atomic E-state index is -0.946. The van der Waals surface area contributed by atoms with Crippen molar-refractivity contribution in [3.8, 4) is 0 Å². The van der Waals surface area contributed by atoms with Crippen molar-refractivity contribution in [2.75, 3.05) is 10.2 Å². The van der Waals surface area contributed by atoms with Crippen LogP contribution in [0, 0.1) is 11.2 Å². The molecular formula is C28H23Cl2FN2O2. The van der Waals surface area contributed by atoms with Gasteiger partial charge in [-0.25, -0.2) is 4.39 Å². The van der Waals surface area contributed by atoms with Crippen molar-refractivity contribution in [2.24, 2.45) is 5.41 Å². The first-order chi connectivity index (χ1) is 16.7. The molecule has 1 heterocycles. The summed E-state index contributed by atoms with van der Waals surface area (Å²) in [5.41, 5.74) is 2.31. The molecule has 0 bridgehead atoms. The monoisotopic (exact) mass is 508 g/mol. The molecule has 7 heteroatoms. The maximum atomic E-state index is 14.9. The van der Waals surface area contributed by atoms with Gasteiger partial charge < -0.3 is 5.32 Å². The Morgan fingerprint density at radius 3 is 2.34 bits per heavy atom. The van der Waals surface area contributed by atoms with Crippen LogP contribution >= 0.6 is 23.2 Å². The van der Waals surface area contributed by atoms with Crippen molar-refractivity contribution in [2.45, 2.75) is 32.7 Å². The van der Waals surface area contributed by atoms with Crippen LogP contribution in [-0.2, 0) is 4.79 Å². The van der Waals surface area contributed by atoms with Gasteiger partial charge in [0.2, 0.25) is 0 Å². The number of Topliss-reactive ketones (excluding diaryl/α,β-unsaturated/α-hetero) is 1. The predicted octanol–water partition coefficient (Wildman–Crippen LogP) is 7.59. The lowest BCUT2D eigenvalue weighted by Crippen LogP contribution is -2.40. The van der Waals surface area contributed by atoms with Crippen molar-refractivity contribution >= 4 is 46.3 Å². The van der Waals surface area contributed by atoms with Crippen LogP contribution in [-0.4, -0.2) is 11.7 Å². The molecule has 4 nitrogen and oxygen atoms in total. The van der Waals surface area contributed by atoms with E-state index in [-0.39, 0.29) is 16.8 Å². The summed E-state index contributed by atoms with van der Waals surface area (Å²) < 4.78 is 14.9. The van der Waals surface area contributed by atoms with Gasteiger partial charge >= 0.3 is 0 Å². The average molecular weight is 509 g/mol. The smallest absolute Gasteiger partial charge is 0.262 e. The van der Waals surface area contributed by atoms with E-state index in [4.69, 9.17) is 23.2 Å². The van der Waals surface area contributed by atoms with Crippen molar-refractivity contribution in [1.29, 1.82) is 0 Å². The Labute approximate surface area is 213 Å². The number of hydrogen-bond acceptors (Lipinski definition) is 3. The van der Waals surface area contributed by atoms with E-state index in [9.17, 15) is 14.0 Å². The van der Waals surface area contributed by atoms with E-state index in [1.165, 1.54) is 23.1 Å². The topological polar surface area (TPSA) is 49.4 Å². The number of anilines is 2. The number of benzene rings is 3. The van der Waals surface area contributed by atoms with Gasteiger partial charge in [0.15, 0.2) is 5.78 Å². The first-order valence-corrected chi connectivity index (χ1v) is 12.1. The zero-order chi connectivity index (χ0) is 24.9. The quantitative estimate of drug-likeness (QED) is 0.387. The summed E-state index contributed by atoms with van der Waals surface area (Å²) in [6.07, 6.45) is 0.882. The summed E-state index contributed by atoms with van der Waals surface area (Å²) in [6, 6.07) is 17.2. The molecule has 5 rings (SSSR count). The summed E-state index contributed by atoms with van der Waals surface area (Å²) in [4.78, 5) is 29.3. The van der Waals surface area contributed by atoms with Crippen LogP contribution in [0.5, 0.6) is 0 Å². The summed E-state index contributed by atoms with van der Waals surface area (Å²) in [6.45, 7) is 4.07. The van der Waals surface area contributed by atoms with E-state index in [1.807, 2.05) is 26.0 Å². The molecule has 0 saturated heterocycles. The third-order valence-electron chi connectivity index (χ3n) is 6.50. The number of carbonyl (C=O) groups excluding carboxylic acids is 2. The van der Waals surface area contributed by atoms with Gasteiger partial charge in [0.1, 0.15) is 5.82 Å². The van der Waals surface area contributed by atoms with E-state index >= 15 is 0 Å². The van der Waals surface area contributed by atoms with E-state index in [0.29, 0.717) is 51.1 Å². The second-order valence-electron chi connectivity index (χ2n) is 9.67. The fraction of sp³-hybridized carbons (Fsp3) is 0.214. The molecule has 0 fully saturated rings. The predicted molar refractivity (Wildman–Crippen MR) is 138 cm³/mol. The molecule has 1 aliphatic heterocycles. The number of nitrogens with one attached hydrogen (secondary N) is 1. The first kappa shape index (κ1) is 23.6. The minimum absolute atomic E-state index is 0.108. The average Bonchev–Trinajstić information content (AvgIpc) is 2.92. The number of fused-ring (bicyclic) bond motifs is 1. The summed E-state index contributed by atoms with van der Waals surface area (Å²) in [5.74, 6) is -1.35. The molecule has 1 amide bonds. The molecule has 0 aromatic heterocycles. The van der Waals surface area contributed by atoms with Crippen molar-refractivity contribution in [3.63, 3.8) is 0 Å². The van der Waals surface area contributed by atoms with Crippen LogP contribution in [0.4, 0.5) is 15.8 Å². The Morgan fingerprint density at radius 1 is 0.971 bits per heavy atom. The lowest BCUT2D eigenvalue weighted by Gasteiger charge is -2.37. The maximum absolute atomic E-state index is 14.9. The van der Waals surface area contributed by atoms with Crippen molar-refractivity contribution < 1.29 is 14.0 Å². The summed E-state index contributed by atoms with van der Waals surface area (Å²) in [7, 11) is 0. The maximum Gasteiger partial charge on any atom is 0.262 e. The highest BCUT2D eigenvalue weighted by Gasteiger charge is 2.45. The van der Waals surface area contributed by atoms with Gasteiger partial charge in [-0.15, -0.1) is 0 Å². The number of allylic oxidation sites excluding steroid dienone is 1. The largest absolute Gasteiger partial charge is 0.357 e. The SMILES string of the molecule is CC1(C)CC(=O)C2=C(C1)Nc1ccccc1N(C(=O)c1ccccc1F)[C@@H]2c1c(Cl)cccc1Cl. The lowest BCUT2D eigenvalue weighted by molar-refractivity contribution is -0.118. The number of rotatable bonds is 2. The van der Waals surface area contributed by atoms with Gasteiger partial charge in [0.25, 0.3) is 5.91 Å². The van der Waals surface area contributed by atoms with Crippen molar-refractivity contribution in [3.05, 3.63) is 105 Å². The molecule has 1 atom stereocenters. The summed E-state index contributed by atoms with van der Waals surface area (Å²) >= 11 is 13.3. The van der Waals surface area contributed by atoms with Crippen LogP contribution in [0.1, 0.15) is 48.7 Å². The highest BCUT2D eigenvalue weighted by atomic mass is 35.5. The second-order valence-corrected chi connectivity index (χ2v) is 10.5. The van der Waals surface area contributed by atoms with Gasteiger partial charge in [-0.2, -0.15) is 0 Å². The molecule has 0 spiro atoms. The molecule has 2 aliphatic rings. The Hall–Kier alpha value is -3.15. The van der Waals surface area contributed by atoms with Gasteiger partial charge in [-0.1, -0.05) is 67.4 Å². The Balaban J connectivity index is 1.85. The van der Waals surface area contributed by atoms with Crippen LogP contribution < -0.4 is 10.2 Å². The zero-order valence-corrected chi connectivity index (χ0v) is 20.8. The normalized spacial score (nSPS) is 18.9. The Morgan fingerprint density at radius 2 is 1.63 bits per heavy atom. The highest BCUT2D eigenvalue weighted by Crippen LogP contribution is 2.51. The Kier molecular flexibility index (Phi) is 5.94. The summed E-state index contributed by atoms with van der Waals surface area (Å²) in [5, 5.41) is 4.06. The lowest BCUT2D eigenvalue weighted by atomic mass is 9.73. The number of carbonyl (C=O) groups is 2. The molecule has 3 aromatic carbocycles. The van der Waals surface area contributed by atoms with Crippen LogP contribution in [0.3, 0.4) is 0 Å². The second kappa shape index (κ2) is 8.81. The first-order valence-electron chi connectivity index (χ1n) is 11.3. The van der Waals surface area contributed by atoms with E-state index < -0.39 is 17.8 Å². The number of halogens is 3. The number of nitrogens with zero attached hydrogens (tertiary/aromatic N) is 1.